The quantitative estimate of drug-likeness (QED) is 0.734. The maximum absolute atomic E-state index is 12.1. The van der Waals surface area contributed by atoms with Crippen LogP contribution in [0.2, 0.25) is 0 Å². The van der Waals surface area contributed by atoms with Gasteiger partial charge < -0.3 is 11.1 Å². The Morgan fingerprint density at radius 1 is 1.26 bits per heavy atom. The molecule has 0 spiro atoms. The van der Waals surface area contributed by atoms with Crippen molar-refractivity contribution < 1.29 is 4.79 Å². The Hall–Kier alpha value is -2.67. The SMILES string of the molecule is NC(=O)c1ccccc1NCc1cc(=O)n2cc(Br)ccc2n1. The summed E-state index contributed by atoms with van der Waals surface area (Å²) in [5.41, 5.74) is 7.32. The Morgan fingerprint density at radius 2 is 2.04 bits per heavy atom. The van der Waals surface area contributed by atoms with Crippen LogP contribution in [0.15, 0.2) is 57.9 Å². The zero-order valence-electron chi connectivity index (χ0n) is 12.0. The van der Waals surface area contributed by atoms with Crippen LogP contribution in [0.3, 0.4) is 0 Å². The average molecular weight is 373 g/mol. The van der Waals surface area contributed by atoms with Crippen molar-refractivity contribution in [1.29, 1.82) is 0 Å². The molecule has 0 aliphatic heterocycles. The topological polar surface area (TPSA) is 89.5 Å². The fraction of sp³-hybridized carbons (Fsp3) is 0.0625. The van der Waals surface area contributed by atoms with Gasteiger partial charge in [-0.1, -0.05) is 12.1 Å². The molecule has 0 atom stereocenters. The van der Waals surface area contributed by atoms with Crippen molar-refractivity contribution in [3.05, 3.63) is 74.7 Å². The first kappa shape index (κ1) is 15.2. The molecule has 7 heteroatoms. The molecule has 0 saturated carbocycles. The molecule has 23 heavy (non-hydrogen) atoms. The zero-order chi connectivity index (χ0) is 16.4. The molecule has 2 aromatic heterocycles. The lowest BCUT2D eigenvalue weighted by atomic mass is 10.1. The van der Waals surface area contributed by atoms with Crippen LogP contribution in [0.5, 0.6) is 0 Å². The Morgan fingerprint density at radius 3 is 2.83 bits per heavy atom. The molecular formula is C16H13BrN4O2. The van der Waals surface area contributed by atoms with E-state index < -0.39 is 5.91 Å². The molecule has 0 aliphatic rings. The summed E-state index contributed by atoms with van der Waals surface area (Å²) in [4.78, 5) is 28.0. The number of nitrogens with two attached hydrogens (primary N) is 1. The molecule has 0 unspecified atom stereocenters. The van der Waals surface area contributed by atoms with E-state index in [0.717, 1.165) is 4.47 Å². The highest BCUT2D eigenvalue weighted by Gasteiger charge is 2.08. The van der Waals surface area contributed by atoms with Gasteiger partial charge in [-0.2, -0.15) is 0 Å². The molecule has 3 rings (SSSR count). The zero-order valence-corrected chi connectivity index (χ0v) is 13.6. The number of para-hydroxylation sites is 1. The number of carbonyl (C=O) groups is 1. The van der Waals surface area contributed by atoms with Gasteiger partial charge in [0.1, 0.15) is 5.65 Å². The van der Waals surface area contributed by atoms with Gasteiger partial charge in [-0.15, -0.1) is 0 Å². The third-order valence-corrected chi connectivity index (χ3v) is 3.80. The maximum Gasteiger partial charge on any atom is 0.258 e. The predicted molar refractivity (Wildman–Crippen MR) is 91.4 cm³/mol. The molecule has 1 aromatic carbocycles. The number of aromatic nitrogens is 2. The number of amides is 1. The van der Waals surface area contributed by atoms with Gasteiger partial charge in [0.15, 0.2) is 0 Å². The van der Waals surface area contributed by atoms with Crippen LogP contribution in [0, 0.1) is 0 Å². The van der Waals surface area contributed by atoms with Crippen LogP contribution in [0.4, 0.5) is 5.69 Å². The van der Waals surface area contributed by atoms with E-state index in [9.17, 15) is 9.59 Å². The highest BCUT2D eigenvalue weighted by molar-refractivity contribution is 9.10. The summed E-state index contributed by atoms with van der Waals surface area (Å²) in [6.45, 7) is 0.312. The summed E-state index contributed by atoms with van der Waals surface area (Å²) in [5.74, 6) is -0.510. The highest BCUT2D eigenvalue weighted by atomic mass is 79.9. The Balaban J connectivity index is 1.90. The lowest BCUT2D eigenvalue weighted by Crippen LogP contribution is -2.18. The number of halogens is 1. The first-order valence-electron chi connectivity index (χ1n) is 6.85. The molecule has 0 bridgehead atoms. The average Bonchev–Trinajstić information content (AvgIpc) is 2.54. The summed E-state index contributed by atoms with van der Waals surface area (Å²) in [6.07, 6.45) is 1.67. The summed E-state index contributed by atoms with van der Waals surface area (Å²) in [6, 6.07) is 12.0. The number of hydrogen-bond acceptors (Lipinski definition) is 4. The van der Waals surface area contributed by atoms with Crippen molar-refractivity contribution in [2.45, 2.75) is 6.54 Å². The number of pyridine rings is 1. The van der Waals surface area contributed by atoms with Crippen LogP contribution in [-0.4, -0.2) is 15.3 Å². The van der Waals surface area contributed by atoms with Crippen LogP contribution in [0.1, 0.15) is 16.1 Å². The third-order valence-electron chi connectivity index (χ3n) is 3.33. The van der Waals surface area contributed by atoms with E-state index in [0.29, 0.717) is 29.1 Å². The fourth-order valence-electron chi connectivity index (χ4n) is 2.25. The molecule has 3 N–H and O–H groups in total. The minimum atomic E-state index is -0.510. The van der Waals surface area contributed by atoms with Crippen molar-refractivity contribution >= 4 is 33.2 Å². The number of nitrogens with one attached hydrogen (secondary N) is 1. The minimum Gasteiger partial charge on any atom is -0.379 e. The molecule has 2 heterocycles. The van der Waals surface area contributed by atoms with Crippen LogP contribution in [0.25, 0.3) is 5.65 Å². The molecule has 3 aromatic rings. The van der Waals surface area contributed by atoms with Gasteiger partial charge in [0.25, 0.3) is 11.5 Å². The van der Waals surface area contributed by atoms with E-state index in [1.807, 2.05) is 6.07 Å². The van der Waals surface area contributed by atoms with Gasteiger partial charge in [0.2, 0.25) is 0 Å². The van der Waals surface area contributed by atoms with Crippen LogP contribution >= 0.6 is 15.9 Å². The van der Waals surface area contributed by atoms with Crippen molar-refractivity contribution in [3.63, 3.8) is 0 Å². The Bertz CT molecular complexity index is 952. The monoisotopic (exact) mass is 372 g/mol. The second kappa shape index (κ2) is 6.21. The number of carbonyl (C=O) groups excluding carboxylic acids is 1. The summed E-state index contributed by atoms with van der Waals surface area (Å²) in [7, 11) is 0. The van der Waals surface area contributed by atoms with Gasteiger partial charge in [-0.3, -0.25) is 14.0 Å². The molecule has 6 nitrogen and oxygen atoms in total. The summed E-state index contributed by atoms with van der Waals surface area (Å²) in [5, 5.41) is 3.09. The largest absolute Gasteiger partial charge is 0.379 e. The van der Waals surface area contributed by atoms with Gasteiger partial charge in [0, 0.05) is 22.4 Å². The van der Waals surface area contributed by atoms with E-state index in [1.165, 1.54) is 10.5 Å². The van der Waals surface area contributed by atoms with Crippen molar-refractivity contribution in [1.82, 2.24) is 9.38 Å². The Kier molecular flexibility index (Phi) is 4.12. The first-order chi connectivity index (χ1) is 11.0. The van der Waals surface area contributed by atoms with E-state index >= 15 is 0 Å². The standard InChI is InChI=1S/C16H13BrN4O2/c17-10-5-6-14-20-11(7-15(22)21(14)9-10)8-19-13-4-2-1-3-12(13)16(18)23/h1-7,9,19H,8H2,(H2,18,23). The van der Waals surface area contributed by atoms with E-state index in [1.54, 1.807) is 36.5 Å². The van der Waals surface area contributed by atoms with Crippen LogP contribution in [-0.2, 0) is 6.54 Å². The second-order valence-electron chi connectivity index (χ2n) is 4.92. The van der Waals surface area contributed by atoms with Crippen molar-refractivity contribution in [2.75, 3.05) is 5.32 Å². The summed E-state index contributed by atoms with van der Waals surface area (Å²) < 4.78 is 2.26. The molecule has 1 amide bonds. The molecule has 116 valence electrons. The predicted octanol–water partition coefficient (Wildman–Crippen LogP) is 2.17. The van der Waals surface area contributed by atoms with Gasteiger partial charge in [-0.05, 0) is 40.2 Å². The molecule has 0 aliphatic carbocycles. The van der Waals surface area contributed by atoms with Gasteiger partial charge in [0.05, 0.1) is 17.8 Å². The molecule has 0 saturated heterocycles. The minimum absolute atomic E-state index is 0.170. The van der Waals surface area contributed by atoms with Crippen molar-refractivity contribution in [2.24, 2.45) is 5.73 Å². The van der Waals surface area contributed by atoms with Crippen molar-refractivity contribution in [3.8, 4) is 0 Å². The first-order valence-corrected chi connectivity index (χ1v) is 7.64. The molecular weight excluding hydrogens is 360 g/mol. The van der Waals surface area contributed by atoms with Gasteiger partial charge >= 0.3 is 0 Å². The number of rotatable bonds is 4. The highest BCUT2D eigenvalue weighted by Crippen LogP contribution is 2.15. The lowest BCUT2D eigenvalue weighted by Gasteiger charge is -2.10. The number of anilines is 1. The normalized spacial score (nSPS) is 10.7. The van der Waals surface area contributed by atoms with E-state index in [4.69, 9.17) is 5.73 Å². The fourth-order valence-corrected chi connectivity index (χ4v) is 2.59. The lowest BCUT2D eigenvalue weighted by molar-refractivity contribution is 0.100. The smallest absolute Gasteiger partial charge is 0.258 e. The van der Waals surface area contributed by atoms with E-state index in [2.05, 4.69) is 26.2 Å². The van der Waals surface area contributed by atoms with E-state index in [-0.39, 0.29) is 5.56 Å². The number of nitrogens with zero attached hydrogens (tertiary/aromatic N) is 2. The number of fused-ring (bicyclic) bond motifs is 1. The van der Waals surface area contributed by atoms with Crippen LogP contribution < -0.4 is 16.6 Å². The molecule has 0 radical (unpaired) electrons. The number of hydrogen-bond donors (Lipinski definition) is 2. The summed E-state index contributed by atoms with van der Waals surface area (Å²) >= 11 is 3.32. The second-order valence-corrected chi connectivity index (χ2v) is 5.84. The number of benzene rings is 1. The maximum atomic E-state index is 12.1. The molecule has 0 fully saturated rings. The third kappa shape index (κ3) is 3.24. The number of primary amides is 1. The van der Waals surface area contributed by atoms with Gasteiger partial charge in [-0.25, -0.2) is 4.98 Å². The Labute approximate surface area is 140 Å².